The van der Waals surface area contributed by atoms with E-state index in [2.05, 4.69) is 10.6 Å². The number of carbonyl (C=O) groups is 6. The number of nitrogens with zero attached hydrogens (tertiary/aromatic N) is 2. The summed E-state index contributed by atoms with van der Waals surface area (Å²) in [5.74, 6) is -3.36. The van der Waals surface area contributed by atoms with Crippen molar-refractivity contribution in [3.05, 3.63) is 52.0 Å². The third-order valence-corrected chi connectivity index (χ3v) is 6.25. The average molecular weight is 563 g/mol. The van der Waals surface area contributed by atoms with Gasteiger partial charge >= 0.3 is 0 Å². The van der Waals surface area contributed by atoms with Crippen molar-refractivity contribution in [2.45, 2.75) is 32.4 Å². The van der Waals surface area contributed by atoms with E-state index in [0.29, 0.717) is 12.0 Å². The Morgan fingerprint density at radius 3 is 2.26 bits per heavy atom. The van der Waals surface area contributed by atoms with Crippen molar-refractivity contribution in [1.82, 2.24) is 10.6 Å². The first-order valence-electron chi connectivity index (χ1n) is 11.3. The van der Waals surface area contributed by atoms with E-state index in [-0.39, 0.29) is 40.0 Å². The van der Waals surface area contributed by atoms with Gasteiger partial charge in [-0.05, 0) is 31.2 Å². The van der Waals surface area contributed by atoms with Gasteiger partial charge in [-0.25, -0.2) is 0 Å². The van der Waals surface area contributed by atoms with Crippen molar-refractivity contribution >= 4 is 70.3 Å². The molecular formula is C25H24Cl2N4O7. The third-order valence-electron chi connectivity index (χ3n) is 5.68. The molecule has 13 heteroatoms. The average Bonchev–Trinajstić information content (AvgIpc) is 2.96. The van der Waals surface area contributed by atoms with Crippen molar-refractivity contribution in [3.8, 4) is 5.75 Å². The number of hydrogen-bond donors (Lipinski definition) is 3. The summed E-state index contributed by atoms with van der Waals surface area (Å²) < 4.78 is 0. The van der Waals surface area contributed by atoms with Crippen molar-refractivity contribution in [2.24, 2.45) is 0 Å². The van der Waals surface area contributed by atoms with Crippen LogP contribution in [0.15, 0.2) is 36.4 Å². The molecule has 3 rings (SSSR count). The number of hydrogen-bond acceptors (Lipinski definition) is 7. The van der Waals surface area contributed by atoms with Crippen LogP contribution >= 0.6 is 23.2 Å². The number of fused-ring (bicyclic) bond motifs is 1. The normalized spacial score (nSPS) is 15.7. The molecule has 2 aromatic rings. The number of rotatable bonds is 8. The first-order chi connectivity index (χ1) is 17.9. The Bertz CT molecular complexity index is 1290. The maximum atomic E-state index is 13.7. The molecule has 2 atom stereocenters. The Balaban J connectivity index is 1.96. The molecule has 0 saturated heterocycles. The zero-order valence-corrected chi connectivity index (χ0v) is 21.9. The summed E-state index contributed by atoms with van der Waals surface area (Å²) in [7, 11) is 0. The fraction of sp³-hybridized carbons (Fsp3) is 0.280. The van der Waals surface area contributed by atoms with Gasteiger partial charge in [0, 0.05) is 18.9 Å². The lowest BCUT2D eigenvalue weighted by atomic mass is 10.1. The van der Waals surface area contributed by atoms with Crippen LogP contribution in [0.3, 0.4) is 0 Å². The van der Waals surface area contributed by atoms with E-state index < -0.39 is 48.0 Å². The first-order valence-corrected chi connectivity index (χ1v) is 12.1. The van der Waals surface area contributed by atoms with E-state index in [1.807, 2.05) is 0 Å². The molecule has 2 aromatic carbocycles. The molecule has 0 aromatic heterocycles. The molecule has 1 aliphatic rings. The highest BCUT2D eigenvalue weighted by Gasteiger charge is 2.37. The summed E-state index contributed by atoms with van der Waals surface area (Å²) in [4.78, 5) is 77.1. The van der Waals surface area contributed by atoms with E-state index in [9.17, 15) is 33.9 Å². The third kappa shape index (κ3) is 6.48. The zero-order chi connectivity index (χ0) is 28.1. The molecule has 11 nitrogen and oxygen atoms in total. The number of ketones is 1. The van der Waals surface area contributed by atoms with Gasteiger partial charge in [0.15, 0.2) is 5.75 Å². The molecule has 1 heterocycles. The molecule has 0 unspecified atom stereocenters. The molecule has 4 amide bonds. The molecule has 0 radical (unpaired) electrons. The van der Waals surface area contributed by atoms with E-state index in [1.54, 1.807) is 18.2 Å². The second-order valence-corrected chi connectivity index (χ2v) is 9.39. The summed E-state index contributed by atoms with van der Waals surface area (Å²) in [6, 6.07) is 6.32. The summed E-state index contributed by atoms with van der Waals surface area (Å²) in [5, 5.41) is 14.4. The highest BCUT2D eigenvalue weighted by Crippen LogP contribution is 2.34. The number of phenolic OH excluding ortho intramolecular Hbond substituents is 1. The number of phenols is 1. The lowest BCUT2D eigenvalue weighted by Gasteiger charge is -2.25. The van der Waals surface area contributed by atoms with Gasteiger partial charge in [-0.2, -0.15) is 0 Å². The number of Topliss-reactive ketones (excluding diaryl/α,β-unsaturated/α-hetero) is 1. The Morgan fingerprint density at radius 1 is 1.11 bits per heavy atom. The first kappa shape index (κ1) is 28.6. The van der Waals surface area contributed by atoms with Crippen molar-refractivity contribution < 1.29 is 33.9 Å². The Labute approximate surface area is 227 Å². The highest BCUT2D eigenvalue weighted by molar-refractivity contribution is 6.37. The number of anilines is 2. The lowest BCUT2D eigenvalue weighted by Crippen LogP contribution is -2.54. The second kappa shape index (κ2) is 12.1. The van der Waals surface area contributed by atoms with Crippen LogP contribution in [0.5, 0.6) is 5.75 Å². The van der Waals surface area contributed by atoms with Gasteiger partial charge in [-0.15, -0.1) is 0 Å². The Morgan fingerprint density at radius 2 is 1.71 bits per heavy atom. The van der Waals surface area contributed by atoms with E-state index >= 15 is 0 Å². The minimum Gasteiger partial charge on any atom is -0.505 e. The number of para-hydroxylation sites is 2. The fourth-order valence-electron chi connectivity index (χ4n) is 3.93. The van der Waals surface area contributed by atoms with Crippen molar-refractivity contribution in [2.75, 3.05) is 22.9 Å². The predicted octanol–water partition coefficient (Wildman–Crippen LogP) is 1.86. The number of amides is 4. The molecule has 3 N–H and O–H groups in total. The molecule has 0 bridgehead atoms. The SMILES string of the molecule is CC(=O)C[C@@H](C=O)NC(=O)CN1C(=O)[C@@H](NC(=O)c2cc(Cl)c(O)c(Cl)c2)CN(C(C)=O)c2ccccc21. The van der Waals surface area contributed by atoms with Crippen LogP contribution < -0.4 is 20.4 Å². The van der Waals surface area contributed by atoms with Crippen LogP contribution in [0.2, 0.25) is 10.0 Å². The van der Waals surface area contributed by atoms with Crippen LogP contribution in [-0.2, 0) is 24.0 Å². The van der Waals surface area contributed by atoms with E-state index in [0.717, 1.165) is 17.0 Å². The second-order valence-electron chi connectivity index (χ2n) is 8.57. The van der Waals surface area contributed by atoms with Crippen molar-refractivity contribution in [1.29, 1.82) is 0 Å². The van der Waals surface area contributed by atoms with Gasteiger partial charge in [0.05, 0.1) is 34.0 Å². The number of halogens is 2. The standard InChI is InChI=1S/C25H24Cl2N4O7/c1-13(33)7-16(12-32)28-22(35)11-31-21-6-4-3-5-20(21)30(14(2)34)10-19(25(31)38)29-24(37)15-8-17(26)23(36)18(27)9-15/h3-6,8-9,12,16,19,36H,7,10-11H2,1-2H3,(H,28,35)(H,29,37)/t16-,19-/m0/s1. The largest absolute Gasteiger partial charge is 0.505 e. The van der Waals surface area contributed by atoms with Gasteiger partial charge in [0.25, 0.3) is 11.8 Å². The quantitative estimate of drug-likeness (QED) is 0.415. The molecular weight excluding hydrogens is 539 g/mol. The molecule has 0 saturated carbocycles. The van der Waals surface area contributed by atoms with Crippen LogP contribution in [0.1, 0.15) is 30.6 Å². The molecule has 0 fully saturated rings. The summed E-state index contributed by atoms with van der Waals surface area (Å²) >= 11 is 11.8. The zero-order valence-electron chi connectivity index (χ0n) is 20.4. The number of nitrogens with one attached hydrogen (secondary N) is 2. The van der Waals surface area contributed by atoms with Gasteiger partial charge in [0.2, 0.25) is 11.8 Å². The van der Waals surface area contributed by atoms with Crippen LogP contribution in [-0.4, -0.2) is 66.0 Å². The Kier molecular flexibility index (Phi) is 9.08. The maximum Gasteiger partial charge on any atom is 0.252 e. The van der Waals surface area contributed by atoms with Crippen molar-refractivity contribution in [3.63, 3.8) is 0 Å². The van der Waals surface area contributed by atoms with Gasteiger partial charge in [0.1, 0.15) is 24.7 Å². The fourth-order valence-corrected chi connectivity index (χ4v) is 4.42. The van der Waals surface area contributed by atoms with Gasteiger partial charge in [-0.3, -0.25) is 28.9 Å². The van der Waals surface area contributed by atoms with Crippen LogP contribution in [0.25, 0.3) is 0 Å². The topological polar surface area (TPSA) is 153 Å². The highest BCUT2D eigenvalue weighted by atomic mass is 35.5. The number of benzene rings is 2. The van der Waals surface area contributed by atoms with Crippen LogP contribution in [0, 0.1) is 0 Å². The molecule has 38 heavy (non-hydrogen) atoms. The monoisotopic (exact) mass is 562 g/mol. The van der Waals surface area contributed by atoms with Crippen LogP contribution in [0.4, 0.5) is 11.4 Å². The minimum atomic E-state index is -1.31. The summed E-state index contributed by atoms with van der Waals surface area (Å²) in [5.41, 5.74) is 0.498. The number of carbonyl (C=O) groups excluding carboxylic acids is 6. The van der Waals surface area contributed by atoms with Gasteiger partial charge < -0.3 is 25.4 Å². The molecule has 200 valence electrons. The molecule has 0 aliphatic carbocycles. The molecule has 1 aliphatic heterocycles. The summed E-state index contributed by atoms with van der Waals surface area (Å²) in [6.45, 7) is 1.75. The number of aldehydes is 1. The predicted molar refractivity (Wildman–Crippen MR) is 139 cm³/mol. The van der Waals surface area contributed by atoms with E-state index in [4.69, 9.17) is 23.2 Å². The summed E-state index contributed by atoms with van der Waals surface area (Å²) in [6.07, 6.45) is 0.209. The van der Waals surface area contributed by atoms with Gasteiger partial charge in [-0.1, -0.05) is 35.3 Å². The smallest absolute Gasteiger partial charge is 0.252 e. The Hall–Kier alpha value is -3.96. The number of aromatic hydroxyl groups is 1. The minimum absolute atomic E-state index is 0.0518. The molecule has 0 spiro atoms. The maximum absolute atomic E-state index is 13.7. The van der Waals surface area contributed by atoms with E-state index in [1.165, 1.54) is 24.8 Å². The lowest BCUT2D eigenvalue weighted by molar-refractivity contribution is -0.127.